The van der Waals surface area contributed by atoms with Crippen molar-refractivity contribution in [3.63, 3.8) is 0 Å². The number of rotatable bonds is 4. The van der Waals surface area contributed by atoms with E-state index in [0.717, 1.165) is 18.2 Å². The Bertz CT molecular complexity index is 519. The molecule has 6 heteroatoms. The van der Waals surface area contributed by atoms with Crippen molar-refractivity contribution in [2.45, 2.75) is 12.8 Å². The molecule has 0 aliphatic carbocycles. The first-order valence-electron chi connectivity index (χ1n) is 5.48. The van der Waals surface area contributed by atoms with Gasteiger partial charge in [0.15, 0.2) is 0 Å². The molecule has 1 aromatic carbocycles. The van der Waals surface area contributed by atoms with Crippen LogP contribution in [0, 0.1) is 0 Å². The second-order valence-corrected chi connectivity index (χ2v) is 5.54. The summed E-state index contributed by atoms with van der Waals surface area (Å²) < 4.78 is 0. The summed E-state index contributed by atoms with van der Waals surface area (Å²) in [7, 11) is 0. The minimum absolute atomic E-state index is 0.230. The summed E-state index contributed by atoms with van der Waals surface area (Å²) in [5.41, 5.74) is 0.682. The number of nitrogens with zero attached hydrogens (tertiary/aromatic N) is 1. The number of hydrogen-bond donors (Lipinski definition) is 0. The van der Waals surface area contributed by atoms with Crippen molar-refractivity contribution in [3.8, 4) is 0 Å². The number of halogens is 3. The average molecular weight is 351 g/mol. The molecule has 0 saturated carbocycles. The van der Waals surface area contributed by atoms with Gasteiger partial charge in [0, 0.05) is 11.9 Å². The molecule has 0 aromatic heterocycles. The summed E-state index contributed by atoms with van der Waals surface area (Å²) >= 11 is 15.4. The molecule has 0 bridgehead atoms. The SMILES string of the molecule is O=C1C(=O)N(CCCCBr)c2c(Cl)ccc(Cl)c21. The second-order valence-electron chi connectivity index (χ2n) is 3.93. The topological polar surface area (TPSA) is 37.4 Å². The highest BCUT2D eigenvalue weighted by Gasteiger charge is 2.38. The van der Waals surface area contributed by atoms with Crippen LogP contribution in [0.3, 0.4) is 0 Å². The molecule has 0 radical (unpaired) electrons. The highest BCUT2D eigenvalue weighted by Crippen LogP contribution is 2.39. The zero-order valence-corrected chi connectivity index (χ0v) is 12.5. The predicted octanol–water partition coefficient (Wildman–Crippen LogP) is 3.70. The Morgan fingerprint density at radius 3 is 2.44 bits per heavy atom. The van der Waals surface area contributed by atoms with Crippen LogP contribution in [0.1, 0.15) is 23.2 Å². The number of hydrogen-bond acceptors (Lipinski definition) is 2. The van der Waals surface area contributed by atoms with Crippen molar-refractivity contribution in [2.24, 2.45) is 0 Å². The van der Waals surface area contributed by atoms with Crippen LogP contribution in [0.4, 0.5) is 5.69 Å². The lowest BCUT2D eigenvalue weighted by Gasteiger charge is -2.17. The van der Waals surface area contributed by atoms with E-state index in [1.165, 1.54) is 11.0 Å². The number of carbonyl (C=O) groups excluding carboxylic acids is 2. The van der Waals surface area contributed by atoms with Crippen molar-refractivity contribution in [1.82, 2.24) is 0 Å². The molecular formula is C12H10BrCl2NO2. The van der Waals surface area contributed by atoms with Gasteiger partial charge in [0.1, 0.15) is 0 Å². The fourth-order valence-electron chi connectivity index (χ4n) is 1.93. The predicted molar refractivity (Wildman–Crippen MR) is 76.2 cm³/mol. The molecule has 0 atom stereocenters. The van der Waals surface area contributed by atoms with Gasteiger partial charge in [-0.15, -0.1) is 0 Å². The third-order valence-corrected chi connectivity index (χ3v) is 3.96. The quantitative estimate of drug-likeness (QED) is 0.471. The molecule has 0 N–H and O–H groups in total. The number of fused-ring (bicyclic) bond motifs is 1. The summed E-state index contributed by atoms with van der Waals surface area (Å²) in [6.45, 7) is 0.475. The van der Waals surface area contributed by atoms with Gasteiger partial charge in [-0.25, -0.2) is 0 Å². The first-order chi connectivity index (χ1) is 8.57. The summed E-state index contributed by atoms with van der Waals surface area (Å²) in [6.07, 6.45) is 1.72. The van der Waals surface area contributed by atoms with E-state index in [1.807, 2.05) is 0 Å². The van der Waals surface area contributed by atoms with Gasteiger partial charge in [0.25, 0.3) is 11.7 Å². The maximum atomic E-state index is 11.9. The van der Waals surface area contributed by atoms with Gasteiger partial charge >= 0.3 is 0 Å². The fourth-order valence-corrected chi connectivity index (χ4v) is 2.82. The summed E-state index contributed by atoms with van der Waals surface area (Å²) in [4.78, 5) is 25.2. The van der Waals surface area contributed by atoms with Crippen molar-refractivity contribution >= 4 is 56.5 Å². The van der Waals surface area contributed by atoms with Crippen LogP contribution < -0.4 is 4.90 Å². The number of unbranched alkanes of at least 4 members (excludes halogenated alkanes) is 1. The summed E-state index contributed by atoms with van der Waals surface area (Å²) in [5, 5.41) is 1.52. The van der Waals surface area contributed by atoms with Crippen molar-refractivity contribution < 1.29 is 9.59 Å². The number of alkyl halides is 1. The van der Waals surface area contributed by atoms with Gasteiger partial charge in [0.2, 0.25) is 0 Å². The smallest absolute Gasteiger partial charge is 0.299 e. The monoisotopic (exact) mass is 349 g/mol. The zero-order chi connectivity index (χ0) is 13.3. The van der Waals surface area contributed by atoms with E-state index in [-0.39, 0.29) is 10.6 Å². The summed E-state index contributed by atoms with van der Waals surface area (Å²) in [6, 6.07) is 3.14. The lowest BCUT2D eigenvalue weighted by atomic mass is 10.1. The number of amides is 1. The molecule has 0 fully saturated rings. The Morgan fingerprint density at radius 1 is 1.11 bits per heavy atom. The Balaban J connectivity index is 2.39. The third kappa shape index (κ3) is 2.29. The van der Waals surface area contributed by atoms with E-state index in [4.69, 9.17) is 23.2 Å². The van der Waals surface area contributed by atoms with Gasteiger partial charge < -0.3 is 4.90 Å². The Kier molecular flexibility index (Phi) is 4.30. The largest absolute Gasteiger partial charge is 0.303 e. The van der Waals surface area contributed by atoms with E-state index in [9.17, 15) is 9.59 Å². The van der Waals surface area contributed by atoms with Gasteiger partial charge in [-0.1, -0.05) is 39.1 Å². The number of benzene rings is 1. The second kappa shape index (κ2) is 5.59. The minimum atomic E-state index is -0.573. The highest BCUT2D eigenvalue weighted by atomic mass is 79.9. The van der Waals surface area contributed by atoms with E-state index in [0.29, 0.717) is 17.3 Å². The van der Waals surface area contributed by atoms with E-state index in [1.54, 1.807) is 6.07 Å². The number of anilines is 1. The lowest BCUT2D eigenvalue weighted by molar-refractivity contribution is -0.114. The van der Waals surface area contributed by atoms with Crippen molar-refractivity contribution in [2.75, 3.05) is 16.8 Å². The molecule has 0 spiro atoms. The van der Waals surface area contributed by atoms with Crippen LogP contribution in [0.5, 0.6) is 0 Å². The van der Waals surface area contributed by atoms with Gasteiger partial charge in [0.05, 0.1) is 21.3 Å². The van der Waals surface area contributed by atoms with E-state index < -0.39 is 11.7 Å². The molecule has 2 rings (SSSR count). The molecule has 0 unspecified atom stereocenters. The molecule has 18 heavy (non-hydrogen) atoms. The van der Waals surface area contributed by atoms with Gasteiger partial charge in [-0.3, -0.25) is 9.59 Å². The molecule has 96 valence electrons. The molecular weight excluding hydrogens is 341 g/mol. The van der Waals surface area contributed by atoms with Gasteiger partial charge in [-0.05, 0) is 25.0 Å². The minimum Gasteiger partial charge on any atom is -0.303 e. The maximum Gasteiger partial charge on any atom is 0.299 e. The number of ketones is 1. The van der Waals surface area contributed by atoms with Crippen LogP contribution in [0.15, 0.2) is 12.1 Å². The molecule has 1 aliphatic heterocycles. The number of carbonyl (C=O) groups is 2. The molecule has 3 nitrogen and oxygen atoms in total. The first kappa shape index (κ1) is 13.8. The van der Waals surface area contributed by atoms with Crippen LogP contribution in [0.2, 0.25) is 10.0 Å². The zero-order valence-electron chi connectivity index (χ0n) is 9.38. The lowest BCUT2D eigenvalue weighted by Crippen LogP contribution is -2.30. The molecule has 1 amide bonds. The van der Waals surface area contributed by atoms with Crippen molar-refractivity contribution in [3.05, 3.63) is 27.7 Å². The van der Waals surface area contributed by atoms with Crippen LogP contribution in [-0.4, -0.2) is 23.6 Å². The molecule has 1 heterocycles. The molecule has 0 saturated heterocycles. The van der Waals surface area contributed by atoms with Crippen molar-refractivity contribution in [1.29, 1.82) is 0 Å². The fraction of sp³-hybridized carbons (Fsp3) is 0.333. The highest BCUT2D eigenvalue weighted by molar-refractivity contribution is 9.09. The standard InChI is InChI=1S/C12H10BrCl2NO2/c13-5-1-2-6-16-10-8(15)4-3-7(14)9(10)11(17)12(16)18/h3-4H,1-2,5-6H2. The number of Topliss-reactive ketones (excluding diaryl/α,β-unsaturated/α-hetero) is 1. The first-order valence-corrected chi connectivity index (χ1v) is 7.35. The Labute approximate surface area is 123 Å². The average Bonchev–Trinajstić information content (AvgIpc) is 2.60. The van der Waals surface area contributed by atoms with Crippen LogP contribution in [-0.2, 0) is 4.79 Å². The Morgan fingerprint density at radius 2 is 1.78 bits per heavy atom. The normalized spacial score (nSPS) is 14.3. The maximum absolute atomic E-state index is 11.9. The Hall–Kier alpha value is -0.580. The third-order valence-electron chi connectivity index (χ3n) is 2.78. The van der Waals surface area contributed by atoms with E-state index >= 15 is 0 Å². The van der Waals surface area contributed by atoms with Gasteiger partial charge in [-0.2, -0.15) is 0 Å². The van der Waals surface area contributed by atoms with E-state index in [2.05, 4.69) is 15.9 Å². The van der Waals surface area contributed by atoms with Crippen LogP contribution >= 0.6 is 39.1 Å². The van der Waals surface area contributed by atoms with Crippen LogP contribution in [0.25, 0.3) is 0 Å². The molecule has 1 aromatic rings. The molecule has 1 aliphatic rings. The summed E-state index contributed by atoms with van der Waals surface area (Å²) in [5.74, 6) is -1.12.